The molecule has 2 aliphatic heterocycles. The first-order valence-electron chi connectivity index (χ1n) is 13.4. The number of hydrogen-bond donors (Lipinski definition) is 5. The highest BCUT2D eigenvalue weighted by Gasteiger charge is 2.30. The van der Waals surface area contributed by atoms with E-state index in [0.717, 1.165) is 33.2 Å². The van der Waals surface area contributed by atoms with Gasteiger partial charge in [-0.1, -0.05) is 12.1 Å². The number of amidine groups is 1. The second kappa shape index (κ2) is 12.1. The summed E-state index contributed by atoms with van der Waals surface area (Å²) in [5, 5.41) is 37.6. The highest BCUT2D eigenvalue weighted by molar-refractivity contribution is 7.93. The third-order valence-corrected chi connectivity index (χ3v) is 10.1. The topological polar surface area (TPSA) is 167 Å². The average molecular weight is 597 g/mol. The van der Waals surface area contributed by atoms with Crippen LogP contribution in [0.2, 0.25) is 0 Å². The van der Waals surface area contributed by atoms with Gasteiger partial charge in [0.1, 0.15) is 17.7 Å². The van der Waals surface area contributed by atoms with Crippen molar-refractivity contribution in [2.24, 2.45) is 5.73 Å². The minimum absolute atomic E-state index is 0.00667. The minimum atomic E-state index is -4.15. The first-order chi connectivity index (χ1) is 19.6. The first kappa shape index (κ1) is 28.9. The highest BCUT2D eigenvalue weighted by Crippen LogP contribution is 2.30. The summed E-state index contributed by atoms with van der Waals surface area (Å²) >= 11 is 1.55. The van der Waals surface area contributed by atoms with E-state index in [9.17, 15) is 18.5 Å². The molecule has 0 saturated carbocycles. The van der Waals surface area contributed by atoms with Crippen LogP contribution >= 0.6 is 11.3 Å². The van der Waals surface area contributed by atoms with Crippen molar-refractivity contribution in [3.8, 4) is 5.75 Å². The molecule has 3 aromatic rings. The smallest absolute Gasteiger partial charge is 0.473 e. The van der Waals surface area contributed by atoms with E-state index in [4.69, 9.17) is 21.3 Å². The number of nitrogens with two attached hydrogens (primary N) is 1. The molecule has 2 aliphatic rings. The zero-order valence-corrected chi connectivity index (χ0v) is 24.1. The molecule has 0 atom stereocenters. The zero-order chi connectivity index (χ0) is 29.1. The summed E-state index contributed by atoms with van der Waals surface area (Å²) in [4.78, 5) is 4.68. The number of nitrogens with one attached hydrogen (secondary N) is 2. The predicted octanol–water partition coefficient (Wildman–Crippen LogP) is 2.08. The van der Waals surface area contributed by atoms with E-state index in [-0.39, 0.29) is 17.0 Å². The fraction of sp³-hybridized carbons (Fsp3) is 0.333. The monoisotopic (exact) mass is 596 g/mol. The predicted molar refractivity (Wildman–Crippen MR) is 160 cm³/mol. The first-order valence-corrected chi connectivity index (χ1v) is 15.7. The molecule has 3 heterocycles. The summed E-state index contributed by atoms with van der Waals surface area (Å²) < 4.78 is 34.5. The van der Waals surface area contributed by atoms with Gasteiger partial charge in [0.2, 0.25) is 0 Å². The highest BCUT2D eigenvalue weighted by atomic mass is 32.2. The SMILES string of the molecule is N=C(N)N1CCc2ccc(N(CB(O)O)S(=O)(=O)c3ccc(OC4CCN(C(=N)c5cccs5)CC4)cc3)cc2C1. The van der Waals surface area contributed by atoms with Crippen molar-refractivity contribution in [1.82, 2.24) is 9.80 Å². The van der Waals surface area contributed by atoms with Crippen LogP contribution in [0.25, 0.3) is 0 Å². The molecule has 0 radical (unpaired) electrons. The fourth-order valence-electron chi connectivity index (χ4n) is 5.17. The van der Waals surface area contributed by atoms with Crippen molar-refractivity contribution >= 4 is 46.0 Å². The number of nitrogens with zero attached hydrogens (tertiary/aromatic N) is 3. The molecule has 6 N–H and O–H groups in total. The Bertz CT molecular complexity index is 1490. The minimum Gasteiger partial charge on any atom is -0.490 e. The van der Waals surface area contributed by atoms with Gasteiger partial charge in [0.25, 0.3) is 10.0 Å². The van der Waals surface area contributed by atoms with Gasteiger partial charge in [-0.25, -0.2) is 8.42 Å². The molecule has 5 rings (SSSR count). The standard InChI is InChI=1S/C27H33BN6O5S2/c29-26(25-2-1-15-40-25)32-13-10-23(11-14-32)39-22-5-7-24(8-6-22)41(37,38)34(18-28(35)36)21-4-3-19-9-12-33(27(30)31)17-20(19)16-21/h1-8,15-16,23,29,35-36H,9-14,17-18H2,(H3,30,31). The van der Waals surface area contributed by atoms with Gasteiger partial charge in [0, 0.05) is 39.0 Å². The number of benzene rings is 2. The van der Waals surface area contributed by atoms with Gasteiger partial charge < -0.3 is 30.3 Å². The largest absolute Gasteiger partial charge is 0.490 e. The van der Waals surface area contributed by atoms with E-state index in [2.05, 4.69) is 0 Å². The average Bonchev–Trinajstić information content (AvgIpc) is 3.51. The number of rotatable bonds is 8. The Labute approximate surface area is 244 Å². The maximum absolute atomic E-state index is 13.7. The van der Waals surface area contributed by atoms with Crippen molar-refractivity contribution in [3.63, 3.8) is 0 Å². The Morgan fingerprint density at radius 3 is 2.41 bits per heavy atom. The lowest BCUT2D eigenvalue weighted by Crippen LogP contribution is -2.41. The molecule has 1 saturated heterocycles. The van der Waals surface area contributed by atoms with Crippen LogP contribution in [0.15, 0.2) is 64.9 Å². The lowest BCUT2D eigenvalue weighted by atomic mass is 9.92. The van der Waals surface area contributed by atoms with Gasteiger partial charge >= 0.3 is 7.12 Å². The number of guanidine groups is 1. The van der Waals surface area contributed by atoms with E-state index >= 15 is 0 Å². The molecule has 2 aromatic carbocycles. The lowest BCUT2D eigenvalue weighted by molar-refractivity contribution is 0.131. The Hall–Kier alpha value is -3.59. The van der Waals surface area contributed by atoms with Crippen molar-refractivity contribution in [3.05, 3.63) is 76.0 Å². The Morgan fingerprint density at radius 2 is 1.78 bits per heavy atom. The van der Waals surface area contributed by atoms with Gasteiger partial charge in [-0.15, -0.1) is 11.3 Å². The Kier molecular flexibility index (Phi) is 8.54. The third kappa shape index (κ3) is 6.51. The summed E-state index contributed by atoms with van der Waals surface area (Å²) in [6.07, 6.45) is 1.57. The van der Waals surface area contributed by atoms with E-state index in [0.29, 0.717) is 49.9 Å². The molecule has 0 aliphatic carbocycles. The van der Waals surface area contributed by atoms with Crippen LogP contribution in [0.5, 0.6) is 5.75 Å². The molecule has 216 valence electrons. The molecule has 0 unspecified atom stereocenters. The molecule has 0 bridgehead atoms. The molecular formula is C27H33BN6O5S2. The Morgan fingerprint density at radius 1 is 1.05 bits per heavy atom. The number of hydrogen-bond acceptors (Lipinski definition) is 8. The quantitative estimate of drug-likeness (QED) is 0.150. The number of sulfonamides is 1. The second-order valence-corrected chi connectivity index (χ2v) is 12.9. The lowest BCUT2D eigenvalue weighted by Gasteiger charge is -2.33. The van der Waals surface area contributed by atoms with E-state index < -0.39 is 23.6 Å². The number of fused-ring (bicyclic) bond motifs is 1. The van der Waals surface area contributed by atoms with Crippen LogP contribution < -0.4 is 14.8 Å². The van der Waals surface area contributed by atoms with Crippen LogP contribution in [0.3, 0.4) is 0 Å². The number of likely N-dealkylation sites (tertiary alicyclic amines) is 1. The van der Waals surface area contributed by atoms with Crippen molar-refractivity contribution < 1.29 is 23.2 Å². The van der Waals surface area contributed by atoms with Gasteiger partial charge in [0.05, 0.1) is 21.9 Å². The van der Waals surface area contributed by atoms with E-state index in [1.54, 1.807) is 40.5 Å². The molecule has 1 aromatic heterocycles. The normalized spacial score (nSPS) is 15.8. The summed E-state index contributed by atoms with van der Waals surface area (Å²) in [6, 6.07) is 15.2. The van der Waals surface area contributed by atoms with Crippen molar-refractivity contribution in [2.45, 2.75) is 36.8 Å². The number of thiophene rings is 1. The fourth-order valence-corrected chi connectivity index (χ4v) is 7.33. The summed E-state index contributed by atoms with van der Waals surface area (Å²) in [5.41, 5.74) is 7.81. The molecule has 14 heteroatoms. The van der Waals surface area contributed by atoms with Gasteiger partial charge in [0.15, 0.2) is 5.96 Å². The number of ether oxygens (including phenoxy) is 1. The van der Waals surface area contributed by atoms with Crippen LogP contribution in [0.4, 0.5) is 5.69 Å². The van der Waals surface area contributed by atoms with Gasteiger partial charge in [-0.3, -0.25) is 15.1 Å². The van der Waals surface area contributed by atoms with E-state index in [1.165, 1.54) is 12.1 Å². The molecule has 0 spiro atoms. The Balaban J connectivity index is 1.28. The zero-order valence-electron chi connectivity index (χ0n) is 22.4. The second-order valence-electron chi connectivity index (χ2n) is 10.1. The molecule has 1 fully saturated rings. The van der Waals surface area contributed by atoms with Crippen LogP contribution in [0, 0.1) is 10.8 Å². The summed E-state index contributed by atoms with van der Waals surface area (Å²) in [5.74, 6) is 1.02. The molecule has 41 heavy (non-hydrogen) atoms. The van der Waals surface area contributed by atoms with Crippen molar-refractivity contribution in [1.29, 1.82) is 10.8 Å². The van der Waals surface area contributed by atoms with Crippen LogP contribution in [-0.2, 0) is 23.0 Å². The van der Waals surface area contributed by atoms with Crippen molar-refractivity contribution in [2.75, 3.05) is 30.4 Å². The summed E-state index contributed by atoms with van der Waals surface area (Å²) in [7, 11) is -6.03. The summed E-state index contributed by atoms with van der Waals surface area (Å²) in [6.45, 7) is 2.38. The molecule has 0 amide bonds. The maximum Gasteiger partial charge on any atom is 0.473 e. The number of anilines is 1. The molecule has 11 nitrogen and oxygen atoms in total. The maximum atomic E-state index is 13.7. The van der Waals surface area contributed by atoms with E-state index in [1.807, 2.05) is 28.5 Å². The van der Waals surface area contributed by atoms with Gasteiger partial charge in [-0.2, -0.15) is 0 Å². The molecular weight excluding hydrogens is 563 g/mol. The van der Waals surface area contributed by atoms with Crippen LogP contribution in [-0.4, -0.2) is 79.4 Å². The number of piperidine rings is 1. The third-order valence-electron chi connectivity index (χ3n) is 7.39. The van der Waals surface area contributed by atoms with Crippen LogP contribution in [0.1, 0.15) is 28.8 Å². The van der Waals surface area contributed by atoms with Gasteiger partial charge in [-0.05, 0) is 65.4 Å².